The van der Waals surface area contributed by atoms with Gasteiger partial charge >= 0.3 is 18.4 Å². The topological polar surface area (TPSA) is 120 Å². The van der Waals surface area contributed by atoms with E-state index < -0.39 is 5.60 Å². The average Bonchev–Trinajstić information content (AvgIpc) is 3.52. The zero-order valence-corrected chi connectivity index (χ0v) is 31.9. The van der Waals surface area contributed by atoms with Crippen LogP contribution in [0.1, 0.15) is 94.9 Å². The molecular formula is C41H56N4O6. The Kier molecular flexibility index (Phi) is 15.0. The quantitative estimate of drug-likeness (QED) is 0.228. The highest BCUT2D eigenvalue weighted by Gasteiger charge is 2.31. The molecule has 0 saturated carbocycles. The van der Waals surface area contributed by atoms with Crippen LogP contribution in [-0.2, 0) is 23.9 Å². The Morgan fingerprint density at radius 3 is 1.47 bits per heavy atom. The van der Waals surface area contributed by atoms with Crippen molar-refractivity contribution in [1.82, 2.24) is 19.4 Å². The molecule has 10 heteroatoms. The zero-order chi connectivity index (χ0) is 37.9. The number of carbonyl (C=O) groups excluding carboxylic acids is 5. The minimum Gasteiger partial charge on any atom is -0.444 e. The molecule has 276 valence electrons. The minimum absolute atomic E-state index is 0.179. The highest BCUT2D eigenvalue weighted by atomic mass is 16.6. The van der Waals surface area contributed by atoms with Crippen molar-refractivity contribution in [1.29, 1.82) is 0 Å². The van der Waals surface area contributed by atoms with E-state index in [1.54, 1.807) is 0 Å². The normalized spacial score (nSPS) is 16.3. The number of aryl methyl sites for hydroxylation is 2. The Labute approximate surface area is 302 Å². The van der Waals surface area contributed by atoms with E-state index in [9.17, 15) is 4.79 Å². The molecule has 2 saturated heterocycles. The molecule has 0 radical (unpaired) electrons. The number of hydrogen-bond donors (Lipinski definition) is 1. The first-order valence-corrected chi connectivity index (χ1v) is 18.0. The van der Waals surface area contributed by atoms with Gasteiger partial charge in [-0.1, -0.05) is 36.4 Å². The molecule has 2 aliphatic heterocycles. The Balaban J connectivity index is 0.000000246. The summed E-state index contributed by atoms with van der Waals surface area (Å²) in [6.07, 6.45) is 4.96. The molecule has 2 aromatic carbocycles. The van der Waals surface area contributed by atoms with Crippen LogP contribution in [0.4, 0.5) is 4.79 Å². The van der Waals surface area contributed by atoms with E-state index in [2.05, 4.69) is 105 Å². The van der Waals surface area contributed by atoms with Crippen LogP contribution in [0.5, 0.6) is 0 Å². The third kappa shape index (κ3) is 10.1. The fourth-order valence-electron chi connectivity index (χ4n) is 7.80. The van der Waals surface area contributed by atoms with E-state index in [0.29, 0.717) is 18.0 Å². The summed E-state index contributed by atoms with van der Waals surface area (Å²) in [4.78, 5) is 46.7. The summed E-state index contributed by atoms with van der Waals surface area (Å²) in [6, 6.07) is 18.5. The van der Waals surface area contributed by atoms with Gasteiger partial charge in [0.25, 0.3) is 0 Å². The summed E-state index contributed by atoms with van der Waals surface area (Å²) in [5.41, 5.74) is 7.91. The highest BCUT2D eigenvalue weighted by molar-refractivity contribution is 5.86. The molecule has 4 heterocycles. The van der Waals surface area contributed by atoms with E-state index in [1.165, 1.54) is 70.3 Å². The third-order valence-corrected chi connectivity index (χ3v) is 10.7. The van der Waals surface area contributed by atoms with Gasteiger partial charge in [0.2, 0.25) is 0 Å². The van der Waals surface area contributed by atoms with Gasteiger partial charge in [-0.2, -0.15) is 19.2 Å². The average molecular weight is 701 g/mol. The lowest BCUT2D eigenvalue weighted by Gasteiger charge is -2.36. The van der Waals surface area contributed by atoms with Crippen molar-refractivity contribution < 1.29 is 28.7 Å². The lowest BCUT2D eigenvalue weighted by molar-refractivity contribution is -0.193. The van der Waals surface area contributed by atoms with Gasteiger partial charge in [-0.15, -0.1) is 0 Å². The van der Waals surface area contributed by atoms with Crippen LogP contribution in [0, 0.1) is 39.5 Å². The summed E-state index contributed by atoms with van der Waals surface area (Å²) in [5.74, 6) is 1.37. The number of nitrogens with zero attached hydrogens (tertiary/aromatic N) is 3. The molecule has 0 bridgehead atoms. The van der Waals surface area contributed by atoms with Crippen molar-refractivity contribution in [3.8, 4) is 0 Å². The largest absolute Gasteiger partial charge is 0.444 e. The first-order valence-electron chi connectivity index (χ1n) is 18.0. The fraction of sp³-hybridized carbons (Fsp3) is 0.537. The first kappa shape index (κ1) is 40.9. The number of carbonyl (C=O) groups is 1. The van der Waals surface area contributed by atoms with E-state index in [0.717, 1.165) is 31.8 Å². The molecule has 0 unspecified atom stereocenters. The number of nitrogens with one attached hydrogen (secondary N) is 1. The Hall–Kier alpha value is -4.49. The number of fused-ring (bicyclic) bond motifs is 2. The van der Waals surface area contributed by atoms with Crippen molar-refractivity contribution in [2.75, 3.05) is 26.2 Å². The number of rotatable bonds is 4. The molecule has 2 atom stereocenters. The zero-order valence-electron chi connectivity index (χ0n) is 31.9. The van der Waals surface area contributed by atoms with Gasteiger partial charge in [0.1, 0.15) is 5.60 Å². The number of benzene rings is 2. The predicted octanol–water partition coefficient (Wildman–Crippen LogP) is 8.12. The van der Waals surface area contributed by atoms with Crippen LogP contribution in [0.2, 0.25) is 0 Å². The standard InChI is InChI=1S/C22H32N2O2.C17H24N2.2CO2/c1-15-16(2)24(20-10-8-7-9-19(15)20)17(3)18-11-13-23(14-12-18)21(25)26-22(4,5)6;1-12-13(2)19(17-7-5-4-6-16(12)17)14(3)15-8-10-18-11-9-15;2*2-1-3/h7-10,17-18H,11-14H2,1-6H3;4-7,14-15,18H,8-11H2,1-3H3;;/t17-;14-;;/m11../s1. The maximum Gasteiger partial charge on any atom is 0.410 e. The van der Waals surface area contributed by atoms with Crippen molar-refractivity contribution in [3.63, 3.8) is 0 Å². The summed E-state index contributed by atoms with van der Waals surface area (Å²) < 4.78 is 10.6. The second kappa shape index (κ2) is 18.7. The van der Waals surface area contributed by atoms with Crippen LogP contribution < -0.4 is 5.32 Å². The minimum atomic E-state index is -0.431. The van der Waals surface area contributed by atoms with Crippen molar-refractivity contribution in [2.45, 2.75) is 106 Å². The molecule has 51 heavy (non-hydrogen) atoms. The number of piperidine rings is 2. The van der Waals surface area contributed by atoms with E-state index in [4.69, 9.17) is 23.9 Å². The number of hydrogen-bond acceptors (Lipinski definition) is 7. The summed E-state index contributed by atoms with van der Waals surface area (Å²) in [7, 11) is 0. The van der Waals surface area contributed by atoms with Crippen molar-refractivity contribution in [2.24, 2.45) is 11.8 Å². The maximum atomic E-state index is 12.3. The SMILES string of the molecule is Cc1c(C)n([C@H](C)C2CCN(C(=O)OC(C)(C)C)CC2)c2ccccc12.Cc1c(C)n([C@H](C)C2CCNCC2)c2ccccc12.O=C=O.O=C=O. The summed E-state index contributed by atoms with van der Waals surface area (Å²) in [6.45, 7) is 23.3. The number of para-hydroxylation sites is 2. The molecule has 6 rings (SSSR count). The molecule has 2 aromatic heterocycles. The lowest BCUT2D eigenvalue weighted by Crippen LogP contribution is -2.42. The van der Waals surface area contributed by atoms with Crippen molar-refractivity contribution in [3.05, 3.63) is 71.0 Å². The van der Waals surface area contributed by atoms with Crippen LogP contribution >= 0.6 is 0 Å². The molecule has 10 nitrogen and oxygen atoms in total. The van der Waals surface area contributed by atoms with Crippen LogP contribution in [-0.4, -0.2) is 64.2 Å². The van der Waals surface area contributed by atoms with E-state index >= 15 is 0 Å². The summed E-state index contributed by atoms with van der Waals surface area (Å²) >= 11 is 0. The molecule has 0 aliphatic carbocycles. The Bertz CT molecular complexity index is 1790. The lowest BCUT2D eigenvalue weighted by atomic mass is 9.90. The first-order chi connectivity index (χ1) is 24.2. The predicted molar refractivity (Wildman–Crippen MR) is 198 cm³/mol. The van der Waals surface area contributed by atoms with Crippen LogP contribution in [0.15, 0.2) is 48.5 Å². The fourth-order valence-corrected chi connectivity index (χ4v) is 7.80. The van der Waals surface area contributed by atoms with Gasteiger partial charge in [0.15, 0.2) is 0 Å². The van der Waals surface area contributed by atoms with Crippen molar-refractivity contribution >= 4 is 40.2 Å². The monoisotopic (exact) mass is 700 g/mol. The van der Waals surface area contributed by atoms with Gasteiger partial charge in [-0.05, 0) is 136 Å². The van der Waals surface area contributed by atoms with Crippen LogP contribution in [0.25, 0.3) is 21.8 Å². The van der Waals surface area contributed by atoms with E-state index in [-0.39, 0.29) is 18.4 Å². The van der Waals surface area contributed by atoms with Gasteiger partial charge in [-0.25, -0.2) is 4.79 Å². The third-order valence-electron chi connectivity index (χ3n) is 10.7. The highest BCUT2D eigenvalue weighted by Crippen LogP contribution is 2.36. The molecule has 1 N–H and O–H groups in total. The molecule has 4 aromatic rings. The number of ether oxygens (including phenoxy) is 1. The van der Waals surface area contributed by atoms with E-state index in [1.807, 2.05) is 25.7 Å². The van der Waals surface area contributed by atoms with Gasteiger partial charge in [-0.3, -0.25) is 0 Å². The van der Waals surface area contributed by atoms with Crippen LogP contribution in [0.3, 0.4) is 0 Å². The molecule has 0 spiro atoms. The molecule has 1 amide bonds. The van der Waals surface area contributed by atoms with Gasteiger partial charge < -0.3 is 24.1 Å². The molecular weight excluding hydrogens is 644 g/mol. The maximum absolute atomic E-state index is 12.3. The van der Waals surface area contributed by atoms with Gasteiger partial charge in [0.05, 0.1) is 0 Å². The smallest absolute Gasteiger partial charge is 0.410 e. The Morgan fingerprint density at radius 2 is 1.08 bits per heavy atom. The van der Waals surface area contributed by atoms with Gasteiger partial charge in [0, 0.05) is 58.4 Å². The summed E-state index contributed by atoms with van der Waals surface area (Å²) in [5, 5.41) is 6.24. The number of likely N-dealkylation sites (tertiary alicyclic amines) is 1. The second-order valence-electron chi connectivity index (χ2n) is 14.7. The number of amides is 1. The second-order valence-corrected chi connectivity index (χ2v) is 14.7. The molecule has 2 fully saturated rings. The Morgan fingerprint density at radius 1 is 0.706 bits per heavy atom. The molecule has 2 aliphatic rings. The number of aromatic nitrogens is 2.